The number of sulfonamides is 1. The van der Waals surface area contributed by atoms with Crippen LogP contribution in [-0.2, 0) is 14.8 Å². The smallest absolute Gasteiger partial charge is 0.248 e. The molecule has 0 spiro atoms. The van der Waals surface area contributed by atoms with Gasteiger partial charge in [-0.15, -0.1) is 11.3 Å². The van der Waals surface area contributed by atoms with Gasteiger partial charge in [0, 0.05) is 24.5 Å². The molecule has 0 bridgehead atoms. The second-order valence-electron chi connectivity index (χ2n) is 7.16. The highest BCUT2D eigenvalue weighted by molar-refractivity contribution is 7.89. The molecule has 1 amide bonds. The van der Waals surface area contributed by atoms with E-state index in [1.54, 1.807) is 24.3 Å². The first kappa shape index (κ1) is 21.7. The first-order chi connectivity index (χ1) is 13.9. The number of carbonyl (C=O) groups is 1. The Kier molecular flexibility index (Phi) is 7.26. The first-order valence-corrected chi connectivity index (χ1v) is 12.2. The maximum Gasteiger partial charge on any atom is 0.248 e. The minimum atomic E-state index is -3.81. The van der Waals surface area contributed by atoms with Crippen LogP contribution in [0.1, 0.15) is 48.9 Å². The predicted octanol–water partition coefficient (Wildman–Crippen LogP) is 3.53. The molecule has 1 fully saturated rings. The minimum absolute atomic E-state index is 0.0711. The normalized spacial score (nSPS) is 18.3. The average Bonchev–Trinajstić information content (AvgIpc) is 3.36. The van der Waals surface area contributed by atoms with Gasteiger partial charge >= 0.3 is 0 Å². The van der Waals surface area contributed by atoms with E-state index in [0.29, 0.717) is 31.6 Å². The van der Waals surface area contributed by atoms with Gasteiger partial charge in [-0.2, -0.15) is 4.31 Å². The Hall–Kier alpha value is -1.97. The van der Waals surface area contributed by atoms with Crippen LogP contribution in [0.25, 0.3) is 12.2 Å². The van der Waals surface area contributed by atoms with Gasteiger partial charge in [0.05, 0.1) is 5.92 Å². The molecule has 7 nitrogen and oxygen atoms in total. The van der Waals surface area contributed by atoms with E-state index in [1.807, 2.05) is 23.6 Å². The van der Waals surface area contributed by atoms with Crippen molar-refractivity contribution >= 4 is 39.4 Å². The zero-order valence-corrected chi connectivity index (χ0v) is 18.4. The Bertz CT molecular complexity index is 949. The van der Waals surface area contributed by atoms with Crippen LogP contribution < -0.4 is 5.32 Å². The van der Waals surface area contributed by atoms with Crippen LogP contribution >= 0.6 is 11.3 Å². The van der Waals surface area contributed by atoms with Crippen molar-refractivity contribution in [1.82, 2.24) is 14.8 Å². The lowest BCUT2D eigenvalue weighted by molar-refractivity contribution is -0.126. The third kappa shape index (κ3) is 5.15. The zero-order chi connectivity index (χ0) is 20.9. The number of hydrogen-bond acceptors (Lipinski definition) is 6. The number of piperidine rings is 1. The molecular formula is C20H27N3O4S2. The van der Waals surface area contributed by atoms with Gasteiger partial charge in [0.25, 0.3) is 0 Å². The van der Waals surface area contributed by atoms with Gasteiger partial charge in [-0.3, -0.25) is 4.79 Å². The molecule has 9 heteroatoms. The van der Waals surface area contributed by atoms with E-state index in [0.717, 1.165) is 17.7 Å². The summed E-state index contributed by atoms with van der Waals surface area (Å²) >= 11 is 1.55. The van der Waals surface area contributed by atoms with Crippen molar-refractivity contribution in [3.05, 3.63) is 33.8 Å². The van der Waals surface area contributed by atoms with Gasteiger partial charge in [-0.25, -0.2) is 8.42 Å². The van der Waals surface area contributed by atoms with Gasteiger partial charge in [-0.1, -0.05) is 24.6 Å². The summed E-state index contributed by atoms with van der Waals surface area (Å²) in [7, 11) is -3.81. The van der Waals surface area contributed by atoms with Crippen molar-refractivity contribution in [2.75, 3.05) is 19.6 Å². The van der Waals surface area contributed by atoms with Crippen LogP contribution in [0.2, 0.25) is 0 Å². The SMILES string of the molecule is CCCCNC(=O)C1CCCN(S(=O)(=O)c2c(C)noc2/C=C/c2cccs2)C1. The molecule has 1 unspecified atom stereocenters. The number of thiophene rings is 1. The van der Waals surface area contributed by atoms with E-state index in [9.17, 15) is 13.2 Å². The monoisotopic (exact) mass is 437 g/mol. The van der Waals surface area contributed by atoms with E-state index in [1.165, 1.54) is 4.31 Å². The highest BCUT2D eigenvalue weighted by atomic mass is 32.2. The molecule has 1 saturated heterocycles. The topological polar surface area (TPSA) is 92.5 Å². The fraction of sp³-hybridized carbons (Fsp3) is 0.500. The lowest BCUT2D eigenvalue weighted by Gasteiger charge is -2.31. The number of hydrogen-bond donors (Lipinski definition) is 1. The maximum absolute atomic E-state index is 13.3. The molecule has 3 rings (SSSR count). The van der Waals surface area contributed by atoms with E-state index in [4.69, 9.17) is 4.52 Å². The van der Waals surface area contributed by atoms with Gasteiger partial charge in [0.15, 0.2) is 10.7 Å². The highest BCUT2D eigenvalue weighted by Gasteiger charge is 2.36. The molecule has 29 heavy (non-hydrogen) atoms. The molecule has 2 aromatic rings. The molecule has 1 atom stereocenters. The molecule has 1 aliphatic heterocycles. The van der Waals surface area contributed by atoms with Crippen LogP contribution in [0.4, 0.5) is 0 Å². The van der Waals surface area contributed by atoms with Gasteiger partial charge in [0.2, 0.25) is 15.9 Å². The van der Waals surface area contributed by atoms with Crippen LogP contribution in [0, 0.1) is 12.8 Å². The molecule has 1 aliphatic rings. The lowest BCUT2D eigenvalue weighted by Crippen LogP contribution is -2.45. The second kappa shape index (κ2) is 9.69. The Morgan fingerprint density at radius 1 is 1.45 bits per heavy atom. The Morgan fingerprint density at radius 3 is 3.00 bits per heavy atom. The summed E-state index contributed by atoms with van der Waals surface area (Å²) in [5, 5.41) is 8.74. The van der Waals surface area contributed by atoms with Crippen molar-refractivity contribution < 1.29 is 17.7 Å². The molecule has 0 aromatic carbocycles. The Morgan fingerprint density at radius 2 is 2.28 bits per heavy atom. The van der Waals surface area contributed by atoms with Crippen molar-refractivity contribution in [3.8, 4) is 0 Å². The van der Waals surface area contributed by atoms with E-state index in [-0.39, 0.29) is 29.0 Å². The third-order valence-corrected chi connectivity index (χ3v) is 7.82. The molecular weight excluding hydrogens is 410 g/mol. The van der Waals surface area contributed by atoms with Crippen LogP contribution in [0.3, 0.4) is 0 Å². The molecule has 1 N–H and O–H groups in total. The number of carbonyl (C=O) groups excluding carboxylic acids is 1. The van der Waals surface area contributed by atoms with Crippen LogP contribution in [0.15, 0.2) is 26.9 Å². The number of amides is 1. The lowest BCUT2D eigenvalue weighted by atomic mass is 9.99. The van der Waals surface area contributed by atoms with Gasteiger partial charge in [-0.05, 0) is 49.8 Å². The van der Waals surface area contributed by atoms with Gasteiger partial charge < -0.3 is 9.84 Å². The van der Waals surface area contributed by atoms with Crippen molar-refractivity contribution in [3.63, 3.8) is 0 Å². The summed E-state index contributed by atoms with van der Waals surface area (Å²) < 4.78 is 33.4. The minimum Gasteiger partial charge on any atom is -0.356 e. The third-order valence-electron chi connectivity index (χ3n) is 4.96. The number of aromatic nitrogens is 1. The molecule has 0 radical (unpaired) electrons. The number of unbranched alkanes of at least 4 members (excludes halogenated alkanes) is 1. The van der Waals surface area contributed by atoms with Crippen LogP contribution in [-0.4, -0.2) is 43.4 Å². The number of aryl methyl sites for hydroxylation is 1. The second-order valence-corrected chi connectivity index (χ2v) is 10.0. The van der Waals surface area contributed by atoms with Crippen molar-refractivity contribution in [2.24, 2.45) is 5.92 Å². The van der Waals surface area contributed by atoms with Crippen molar-refractivity contribution in [2.45, 2.75) is 44.4 Å². The number of rotatable bonds is 8. The number of nitrogens with one attached hydrogen (secondary N) is 1. The van der Waals surface area contributed by atoms with Crippen LogP contribution in [0.5, 0.6) is 0 Å². The maximum atomic E-state index is 13.3. The average molecular weight is 438 g/mol. The molecule has 2 aromatic heterocycles. The molecule has 0 saturated carbocycles. The van der Waals surface area contributed by atoms with E-state index >= 15 is 0 Å². The van der Waals surface area contributed by atoms with E-state index < -0.39 is 10.0 Å². The molecule has 0 aliphatic carbocycles. The summed E-state index contributed by atoms with van der Waals surface area (Å²) in [6.07, 6.45) is 6.70. The van der Waals surface area contributed by atoms with Gasteiger partial charge in [0.1, 0.15) is 5.69 Å². The highest BCUT2D eigenvalue weighted by Crippen LogP contribution is 2.29. The quantitative estimate of drug-likeness (QED) is 0.638. The molecule has 158 valence electrons. The summed E-state index contributed by atoms with van der Waals surface area (Å²) in [6.45, 7) is 4.88. The predicted molar refractivity (Wildman–Crippen MR) is 114 cm³/mol. The molecule has 3 heterocycles. The first-order valence-electron chi connectivity index (χ1n) is 9.89. The van der Waals surface area contributed by atoms with E-state index in [2.05, 4.69) is 17.4 Å². The Labute approximate surface area is 175 Å². The Balaban J connectivity index is 1.78. The largest absolute Gasteiger partial charge is 0.356 e. The zero-order valence-electron chi connectivity index (χ0n) is 16.8. The fourth-order valence-corrected chi connectivity index (χ4v) is 5.77. The summed E-state index contributed by atoms with van der Waals surface area (Å²) in [5.74, 6) is -0.190. The standard InChI is InChI=1S/C20H27N3O4S2/c1-3-4-11-21-20(24)16-7-5-12-23(14-16)29(25,26)19-15(2)22-27-18(19)10-9-17-8-6-13-28-17/h6,8-10,13,16H,3-5,7,11-12,14H2,1-2H3,(H,21,24)/b10-9+. The summed E-state index contributed by atoms with van der Waals surface area (Å²) in [5.41, 5.74) is 0.324. The van der Waals surface area contributed by atoms with Crippen molar-refractivity contribution in [1.29, 1.82) is 0 Å². The summed E-state index contributed by atoms with van der Waals surface area (Å²) in [6, 6.07) is 3.86. The number of nitrogens with zero attached hydrogens (tertiary/aromatic N) is 2. The fourth-order valence-electron chi connectivity index (χ4n) is 3.38. The summed E-state index contributed by atoms with van der Waals surface area (Å²) in [4.78, 5) is 13.5.